The highest BCUT2D eigenvalue weighted by Gasteiger charge is 2.18. The molecule has 0 atom stereocenters. The van der Waals surface area contributed by atoms with E-state index in [0.29, 0.717) is 6.42 Å². The predicted molar refractivity (Wildman–Crippen MR) is 105 cm³/mol. The number of aryl methyl sites for hydroxylation is 2. The fourth-order valence-corrected chi connectivity index (χ4v) is 2.61. The SMILES string of the molecule is Cc1ccc(-c2nc3ccc(C)cn3c2CC(=O)N(C)C)cc1.NC(=O)O. The normalized spacial score (nSPS) is 10.2. The molecule has 0 spiro atoms. The number of imidazole rings is 1. The number of nitrogens with zero attached hydrogens (tertiary/aromatic N) is 3. The Morgan fingerprint density at radius 2 is 1.63 bits per heavy atom. The first-order valence-corrected chi connectivity index (χ1v) is 8.42. The summed E-state index contributed by atoms with van der Waals surface area (Å²) < 4.78 is 2.03. The van der Waals surface area contributed by atoms with Crippen molar-refractivity contribution in [1.29, 1.82) is 0 Å². The van der Waals surface area contributed by atoms with Gasteiger partial charge in [-0.2, -0.15) is 0 Å². The van der Waals surface area contributed by atoms with Crippen LogP contribution in [0.4, 0.5) is 4.79 Å². The van der Waals surface area contributed by atoms with Gasteiger partial charge in [-0.15, -0.1) is 0 Å². The second-order valence-electron chi connectivity index (χ2n) is 6.51. The third-order valence-corrected chi connectivity index (χ3v) is 4.01. The van der Waals surface area contributed by atoms with E-state index >= 15 is 0 Å². The number of rotatable bonds is 3. The lowest BCUT2D eigenvalue weighted by Crippen LogP contribution is -2.24. The van der Waals surface area contributed by atoms with Gasteiger partial charge in [-0.1, -0.05) is 35.9 Å². The minimum absolute atomic E-state index is 0.0710. The molecule has 1 aromatic carbocycles. The molecule has 7 nitrogen and oxygen atoms in total. The van der Waals surface area contributed by atoms with Crippen molar-refractivity contribution in [3.8, 4) is 11.3 Å². The van der Waals surface area contributed by atoms with Gasteiger partial charge in [0.05, 0.1) is 17.8 Å². The first-order chi connectivity index (χ1) is 12.7. The summed E-state index contributed by atoms with van der Waals surface area (Å²) in [5, 5.41) is 7.19. The molecular weight excluding hydrogens is 344 g/mol. The van der Waals surface area contributed by atoms with Gasteiger partial charge < -0.3 is 20.1 Å². The average Bonchev–Trinajstić information content (AvgIpc) is 2.93. The zero-order chi connectivity index (χ0) is 20.1. The van der Waals surface area contributed by atoms with E-state index in [4.69, 9.17) is 14.9 Å². The molecule has 3 rings (SSSR count). The fraction of sp³-hybridized carbons (Fsp3) is 0.250. The molecule has 0 saturated heterocycles. The molecule has 7 heteroatoms. The van der Waals surface area contributed by atoms with Crippen LogP contribution in [-0.4, -0.2) is 45.5 Å². The summed E-state index contributed by atoms with van der Waals surface area (Å²) in [7, 11) is 3.56. The second kappa shape index (κ2) is 8.35. The molecule has 0 radical (unpaired) electrons. The third kappa shape index (κ3) is 5.07. The molecule has 0 unspecified atom stereocenters. The van der Waals surface area contributed by atoms with Crippen molar-refractivity contribution >= 4 is 17.6 Å². The van der Waals surface area contributed by atoms with Gasteiger partial charge in [0.2, 0.25) is 5.91 Å². The molecule has 2 aromatic heterocycles. The Morgan fingerprint density at radius 1 is 1.07 bits per heavy atom. The topological polar surface area (TPSA) is 101 Å². The zero-order valence-corrected chi connectivity index (χ0v) is 15.9. The zero-order valence-electron chi connectivity index (χ0n) is 15.9. The van der Waals surface area contributed by atoms with Gasteiger partial charge in [-0.25, -0.2) is 9.78 Å². The monoisotopic (exact) mass is 368 g/mol. The highest BCUT2D eigenvalue weighted by molar-refractivity contribution is 5.81. The van der Waals surface area contributed by atoms with Crippen LogP contribution in [0.3, 0.4) is 0 Å². The summed E-state index contributed by atoms with van der Waals surface area (Å²) in [4.78, 5) is 27.4. The summed E-state index contributed by atoms with van der Waals surface area (Å²) in [6.07, 6.45) is 1.04. The third-order valence-electron chi connectivity index (χ3n) is 4.01. The molecule has 0 saturated carbocycles. The Balaban J connectivity index is 0.000000596. The molecule has 0 bridgehead atoms. The van der Waals surface area contributed by atoms with Gasteiger partial charge in [-0.3, -0.25) is 4.79 Å². The number of likely N-dealkylation sites (N-methyl/N-ethyl adjacent to an activating group) is 1. The molecule has 3 aromatic rings. The number of carbonyl (C=O) groups excluding carboxylic acids is 1. The van der Waals surface area contributed by atoms with E-state index < -0.39 is 6.09 Å². The number of hydrogen-bond donors (Lipinski definition) is 2. The number of fused-ring (bicyclic) bond motifs is 1. The van der Waals surface area contributed by atoms with Crippen LogP contribution in [-0.2, 0) is 11.2 Å². The van der Waals surface area contributed by atoms with E-state index in [2.05, 4.69) is 36.9 Å². The van der Waals surface area contributed by atoms with E-state index in [9.17, 15) is 4.79 Å². The Bertz CT molecular complexity index is 955. The minimum atomic E-state index is -1.33. The highest BCUT2D eigenvalue weighted by Crippen LogP contribution is 2.26. The number of pyridine rings is 1. The first kappa shape index (κ1) is 20.0. The van der Waals surface area contributed by atoms with Crippen LogP contribution in [0.15, 0.2) is 42.6 Å². The second-order valence-corrected chi connectivity index (χ2v) is 6.51. The molecule has 0 aliphatic heterocycles. The van der Waals surface area contributed by atoms with E-state index in [1.54, 1.807) is 19.0 Å². The maximum absolute atomic E-state index is 12.3. The number of benzene rings is 1. The van der Waals surface area contributed by atoms with Gasteiger partial charge in [0.25, 0.3) is 0 Å². The van der Waals surface area contributed by atoms with Crippen LogP contribution in [0, 0.1) is 13.8 Å². The maximum atomic E-state index is 12.3. The number of nitrogens with two attached hydrogens (primary N) is 1. The van der Waals surface area contributed by atoms with Crippen LogP contribution in [0.5, 0.6) is 0 Å². The van der Waals surface area contributed by atoms with E-state index in [-0.39, 0.29) is 5.91 Å². The minimum Gasteiger partial charge on any atom is -0.465 e. The molecule has 0 aliphatic carbocycles. The standard InChI is InChI=1S/C19H21N3O.CH3NO2/c1-13-5-8-15(9-6-13)19-16(11-18(23)21(3)4)22-12-14(2)7-10-17(22)20-19;2-1(3)4/h5-10,12H,11H2,1-4H3;2H2,(H,3,4). The van der Waals surface area contributed by atoms with Crippen molar-refractivity contribution in [3.63, 3.8) is 0 Å². The lowest BCUT2D eigenvalue weighted by atomic mass is 10.1. The quantitative estimate of drug-likeness (QED) is 0.742. The van der Waals surface area contributed by atoms with Crippen LogP contribution in [0.1, 0.15) is 16.8 Å². The van der Waals surface area contributed by atoms with Crippen LogP contribution < -0.4 is 5.73 Å². The van der Waals surface area contributed by atoms with Crippen LogP contribution in [0.2, 0.25) is 0 Å². The molecule has 2 amide bonds. The lowest BCUT2D eigenvalue weighted by molar-refractivity contribution is -0.128. The number of primary amides is 1. The number of amides is 2. The van der Waals surface area contributed by atoms with Crippen molar-refractivity contribution in [3.05, 3.63) is 59.4 Å². The molecule has 142 valence electrons. The molecule has 0 aliphatic rings. The summed E-state index contributed by atoms with van der Waals surface area (Å²) >= 11 is 0. The molecule has 0 fully saturated rings. The highest BCUT2D eigenvalue weighted by atomic mass is 16.4. The maximum Gasteiger partial charge on any atom is 0.402 e. The van der Waals surface area contributed by atoms with Crippen molar-refractivity contribution in [2.24, 2.45) is 5.73 Å². The summed E-state index contributed by atoms with van der Waals surface area (Å²) in [5.41, 5.74) is 10.1. The number of aromatic nitrogens is 2. The van der Waals surface area contributed by atoms with Crippen molar-refractivity contribution in [2.45, 2.75) is 20.3 Å². The van der Waals surface area contributed by atoms with Crippen molar-refractivity contribution < 1.29 is 14.7 Å². The van der Waals surface area contributed by atoms with Crippen LogP contribution in [0.25, 0.3) is 16.9 Å². The Hall–Kier alpha value is -3.35. The summed E-state index contributed by atoms with van der Waals surface area (Å²) in [6, 6.07) is 12.3. The number of carbonyl (C=O) groups is 2. The molecular formula is C20H24N4O3. The van der Waals surface area contributed by atoms with Crippen LogP contribution >= 0.6 is 0 Å². The Kier molecular flexibility index (Phi) is 6.18. The Morgan fingerprint density at radius 3 is 2.19 bits per heavy atom. The van der Waals surface area contributed by atoms with Gasteiger partial charge in [-0.05, 0) is 25.5 Å². The summed E-state index contributed by atoms with van der Waals surface area (Å²) in [6.45, 7) is 4.11. The number of carboxylic acid groups (broad SMARTS) is 1. The van der Waals surface area contributed by atoms with Gasteiger partial charge in [0.15, 0.2) is 0 Å². The summed E-state index contributed by atoms with van der Waals surface area (Å²) in [5.74, 6) is 0.0710. The largest absolute Gasteiger partial charge is 0.465 e. The number of hydrogen-bond acceptors (Lipinski definition) is 3. The van der Waals surface area contributed by atoms with Crippen molar-refractivity contribution in [2.75, 3.05) is 14.1 Å². The lowest BCUT2D eigenvalue weighted by Gasteiger charge is -2.11. The molecule has 2 heterocycles. The smallest absolute Gasteiger partial charge is 0.402 e. The van der Waals surface area contributed by atoms with E-state index in [1.165, 1.54) is 5.56 Å². The predicted octanol–water partition coefficient (Wildman–Crippen LogP) is 2.87. The van der Waals surface area contributed by atoms with Gasteiger partial charge in [0, 0.05) is 25.9 Å². The van der Waals surface area contributed by atoms with E-state index in [1.807, 2.05) is 29.7 Å². The van der Waals surface area contributed by atoms with Gasteiger partial charge in [0.1, 0.15) is 5.65 Å². The average molecular weight is 368 g/mol. The first-order valence-electron chi connectivity index (χ1n) is 8.42. The van der Waals surface area contributed by atoms with Crippen molar-refractivity contribution in [1.82, 2.24) is 14.3 Å². The van der Waals surface area contributed by atoms with Gasteiger partial charge >= 0.3 is 6.09 Å². The molecule has 3 N–H and O–H groups in total. The molecule has 27 heavy (non-hydrogen) atoms. The Labute approximate surface area is 158 Å². The van der Waals surface area contributed by atoms with E-state index in [0.717, 1.165) is 28.2 Å². The fourth-order valence-electron chi connectivity index (χ4n) is 2.61.